The van der Waals surface area contributed by atoms with Crippen LogP contribution in [0.3, 0.4) is 0 Å². The summed E-state index contributed by atoms with van der Waals surface area (Å²) in [6.45, 7) is 0. The fraction of sp³-hybridized carbons (Fsp3) is 0.125. The lowest BCUT2D eigenvalue weighted by Crippen LogP contribution is -2.09. The number of hydrogen-bond donors (Lipinski definition) is 2. The summed E-state index contributed by atoms with van der Waals surface area (Å²) in [7, 11) is 0. The van der Waals surface area contributed by atoms with Gasteiger partial charge in [-0.25, -0.2) is 4.79 Å². The normalized spacial score (nSPS) is 16.6. The van der Waals surface area contributed by atoms with Crippen molar-refractivity contribution in [2.24, 2.45) is 0 Å². The predicted octanol–water partition coefficient (Wildman–Crippen LogP) is 0.805. The van der Waals surface area contributed by atoms with Crippen LogP contribution in [0.4, 0.5) is 0 Å². The van der Waals surface area contributed by atoms with E-state index in [-0.39, 0.29) is 5.56 Å². The summed E-state index contributed by atoms with van der Waals surface area (Å²) in [5, 5.41) is 17.6. The van der Waals surface area contributed by atoms with Crippen LogP contribution in [0.15, 0.2) is 30.3 Å². The fourth-order valence-corrected chi connectivity index (χ4v) is 0.719. The van der Waals surface area contributed by atoms with E-state index >= 15 is 0 Å². The zero-order valence-corrected chi connectivity index (χ0v) is 5.69. The monoisotopic (exact) mass is 153 g/mol. The van der Waals surface area contributed by atoms with Crippen molar-refractivity contribution in [3.63, 3.8) is 0 Å². The molecule has 0 spiro atoms. The van der Waals surface area contributed by atoms with Gasteiger partial charge in [0, 0.05) is 0 Å². The average Bonchev–Trinajstić information content (AvgIpc) is 2.06. The Morgan fingerprint density at radius 3 is 2.45 bits per heavy atom. The first-order chi connectivity index (χ1) is 5.55. The number of rotatable bonds is 2. The molecule has 0 saturated carbocycles. The maximum atomic E-state index is 10.4. The number of carboxylic acids is 1. The standard InChI is InChI=1S/C8H8O3/c9-7(8(10)11)6-4-2-1-3-5-6/h1-5,7,9H,(H,10,11)/t7-/m1/s1/i7D. The first-order valence-electron chi connectivity index (χ1n) is 3.56. The molecule has 0 saturated heterocycles. The Labute approximate surface area is 65.3 Å². The molecule has 0 bridgehead atoms. The number of benzene rings is 1. The Balaban J connectivity index is 3.06. The topological polar surface area (TPSA) is 57.5 Å². The van der Waals surface area contributed by atoms with Crippen LogP contribution in [0.1, 0.15) is 13.0 Å². The first-order valence-corrected chi connectivity index (χ1v) is 3.06. The van der Waals surface area contributed by atoms with Crippen molar-refractivity contribution in [3.8, 4) is 0 Å². The zero-order valence-electron chi connectivity index (χ0n) is 6.69. The van der Waals surface area contributed by atoms with Crippen LogP contribution in [0.5, 0.6) is 0 Å². The molecule has 0 unspecified atom stereocenters. The van der Waals surface area contributed by atoms with Gasteiger partial charge < -0.3 is 10.2 Å². The van der Waals surface area contributed by atoms with Crippen LogP contribution in [0, 0.1) is 0 Å². The minimum atomic E-state index is -2.54. The molecule has 11 heavy (non-hydrogen) atoms. The molecule has 2 N–H and O–H groups in total. The van der Waals surface area contributed by atoms with E-state index in [1.807, 2.05) is 0 Å². The average molecular weight is 153 g/mol. The molecule has 0 aliphatic rings. The maximum Gasteiger partial charge on any atom is 0.337 e. The van der Waals surface area contributed by atoms with Crippen molar-refractivity contribution < 1.29 is 16.4 Å². The number of aliphatic hydroxyl groups is 1. The maximum absolute atomic E-state index is 10.4. The molecule has 0 aliphatic heterocycles. The summed E-state index contributed by atoms with van der Waals surface area (Å²) in [6, 6.07) is 7.60. The molecular weight excluding hydrogens is 144 g/mol. The van der Waals surface area contributed by atoms with Gasteiger partial charge in [-0.15, -0.1) is 0 Å². The molecule has 3 heteroatoms. The predicted molar refractivity (Wildman–Crippen MR) is 39.0 cm³/mol. The highest BCUT2D eigenvalue weighted by molar-refractivity contribution is 5.73. The Morgan fingerprint density at radius 1 is 1.45 bits per heavy atom. The third-order valence-electron chi connectivity index (χ3n) is 1.25. The highest BCUT2D eigenvalue weighted by atomic mass is 16.4. The van der Waals surface area contributed by atoms with E-state index in [0.29, 0.717) is 0 Å². The van der Waals surface area contributed by atoms with Crippen molar-refractivity contribution in [1.29, 1.82) is 0 Å². The molecule has 0 aromatic heterocycles. The van der Waals surface area contributed by atoms with E-state index in [0.717, 1.165) is 0 Å². The molecule has 0 fully saturated rings. The number of aliphatic carboxylic acids is 1. The molecule has 0 radical (unpaired) electrons. The van der Waals surface area contributed by atoms with Crippen LogP contribution >= 0.6 is 0 Å². The van der Waals surface area contributed by atoms with Crippen molar-refractivity contribution in [1.82, 2.24) is 0 Å². The Morgan fingerprint density at radius 2 is 2.00 bits per heavy atom. The van der Waals surface area contributed by atoms with Crippen LogP contribution in [0.25, 0.3) is 0 Å². The van der Waals surface area contributed by atoms with Gasteiger partial charge in [-0.1, -0.05) is 30.3 Å². The molecule has 0 heterocycles. The summed E-state index contributed by atoms with van der Waals surface area (Å²) >= 11 is 0. The Hall–Kier alpha value is -1.35. The second-order valence-corrected chi connectivity index (χ2v) is 2.02. The van der Waals surface area contributed by atoms with Crippen LogP contribution in [0.2, 0.25) is 0 Å². The van der Waals surface area contributed by atoms with Gasteiger partial charge in [0.15, 0.2) is 6.08 Å². The second-order valence-electron chi connectivity index (χ2n) is 2.02. The zero-order chi connectivity index (χ0) is 9.19. The third-order valence-corrected chi connectivity index (χ3v) is 1.25. The smallest absolute Gasteiger partial charge is 0.337 e. The van der Waals surface area contributed by atoms with Gasteiger partial charge in [-0.2, -0.15) is 0 Å². The van der Waals surface area contributed by atoms with Crippen LogP contribution in [-0.4, -0.2) is 16.2 Å². The molecule has 0 aliphatic carbocycles. The van der Waals surface area contributed by atoms with Crippen molar-refractivity contribution in [2.75, 3.05) is 0 Å². The first kappa shape index (κ1) is 6.37. The van der Waals surface area contributed by atoms with Gasteiger partial charge in [-0.05, 0) is 5.56 Å². The summed E-state index contributed by atoms with van der Waals surface area (Å²) in [6.07, 6.45) is -2.54. The summed E-state index contributed by atoms with van der Waals surface area (Å²) in [4.78, 5) is 10.4. The van der Waals surface area contributed by atoms with Crippen LogP contribution in [-0.2, 0) is 4.79 Å². The lowest BCUT2D eigenvalue weighted by Gasteiger charge is -2.03. The van der Waals surface area contributed by atoms with Gasteiger partial charge in [0.2, 0.25) is 0 Å². The van der Waals surface area contributed by atoms with E-state index in [4.69, 9.17) is 11.6 Å². The molecule has 1 aromatic rings. The lowest BCUT2D eigenvalue weighted by molar-refractivity contribution is -0.146. The number of hydrogen-bond acceptors (Lipinski definition) is 2. The summed E-state index contributed by atoms with van der Waals surface area (Å²) in [5.41, 5.74) is 0.0532. The van der Waals surface area contributed by atoms with E-state index in [9.17, 15) is 4.79 Å². The highest BCUT2D eigenvalue weighted by Crippen LogP contribution is 2.10. The van der Waals surface area contributed by atoms with E-state index in [1.54, 1.807) is 18.2 Å². The van der Waals surface area contributed by atoms with Crippen molar-refractivity contribution in [2.45, 2.75) is 6.08 Å². The molecule has 58 valence electrons. The van der Waals surface area contributed by atoms with E-state index in [1.165, 1.54) is 12.1 Å². The van der Waals surface area contributed by atoms with Crippen LogP contribution < -0.4 is 0 Å². The number of carboxylic acid groups (broad SMARTS) is 1. The lowest BCUT2D eigenvalue weighted by atomic mass is 10.1. The third kappa shape index (κ3) is 1.78. The highest BCUT2D eigenvalue weighted by Gasteiger charge is 2.14. The van der Waals surface area contributed by atoms with Gasteiger partial charge in [0.1, 0.15) is 0 Å². The Bertz CT molecular complexity index is 282. The molecule has 3 nitrogen and oxygen atoms in total. The second kappa shape index (κ2) is 3.16. The van der Waals surface area contributed by atoms with Crippen molar-refractivity contribution in [3.05, 3.63) is 35.9 Å². The molecule has 1 rings (SSSR count). The molecule has 1 aromatic carbocycles. The minimum Gasteiger partial charge on any atom is -0.479 e. The number of carbonyl (C=O) groups is 1. The van der Waals surface area contributed by atoms with Gasteiger partial charge >= 0.3 is 5.97 Å². The molecular formula is C8H8O3. The van der Waals surface area contributed by atoms with Gasteiger partial charge in [0.05, 0.1) is 1.37 Å². The summed E-state index contributed by atoms with van der Waals surface area (Å²) in [5.74, 6) is -1.58. The summed E-state index contributed by atoms with van der Waals surface area (Å²) < 4.78 is 7.08. The Kier molecular flexibility index (Phi) is 1.83. The molecule has 0 amide bonds. The van der Waals surface area contributed by atoms with E-state index in [2.05, 4.69) is 0 Å². The minimum absolute atomic E-state index is 0.0532. The van der Waals surface area contributed by atoms with E-state index < -0.39 is 12.0 Å². The quantitative estimate of drug-likeness (QED) is 0.660. The van der Waals surface area contributed by atoms with Gasteiger partial charge in [-0.3, -0.25) is 0 Å². The molecule has 1 atom stereocenters. The van der Waals surface area contributed by atoms with Gasteiger partial charge in [0.25, 0.3) is 0 Å². The SMILES string of the molecule is [2H][C@](O)(C(=O)O)c1ccccc1. The largest absolute Gasteiger partial charge is 0.479 e. The van der Waals surface area contributed by atoms with Crippen molar-refractivity contribution >= 4 is 5.97 Å². The fourth-order valence-electron chi connectivity index (χ4n) is 0.719.